The lowest BCUT2D eigenvalue weighted by Crippen LogP contribution is -2.40. The Labute approximate surface area is 145 Å². The monoisotopic (exact) mass is 320 g/mol. The summed E-state index contributed by atoms with van der Waals surface area (Å²) in [6.07, 6.45) is 10.5. The summed E-state index contributed by atoms with van der Waals surface area (Å²) in [5, 5.41) is 14.8. The minimum atomic E-state index is -0.600. The number of hydrogen-bond acceptors (Lipinski definition) is 1. The molecular weight excluding hydrogens is 292 g/mol. The molecule has 3 aliphatic carbocycles. The van der Waals surface area contributed by atoms with Crippen LogP contribution >= 0.6 is 0 Å². The van der Waals surface area contributed by atoms with Crippen LogP contribution in [0.5, 0.6) is 0 Å². The molecule has 1 unspecified atom stereocenters. The SMILES string of the molecule is OC1(c2cccc3ccccc23)[C@@H]2CCCC[C@@H]2[C@H]2CCCC[C@@H]21. The van der Waals surface area contributed by atoms with Gasteiger partial charge >= 0.3 is 0 Å². The number of benzene rings is 2. The van der Waals surface area contributed by atoms with Crippen LogP contribution in [0.15, 0.2) is 42.5 Å². The molecule has 0 bridgehead atoms. The van der Waals surface area contributed by atoms with Gasteiger partial charge < -0.3 is 5.11 Å². The van der Waals surface area contributed by atoms with Gasteiger partial charge in [-0.3, -0.25) is 0 Å². The quantitative estimate of drug-likeness (QED) is 0.719. The molecule has 3 aliphatic rings. The molecule has 0 saturated heterocycles. The van der Waals surface area contributed by atoms with Crippen LogP contribution in [0.25, 0.3) is 10.8 Å². The van der Waals surface area contributed by atoms with Crippen molar-refractivity contribution in [1.82, 2.24) is 0 Å². The Morgan fingerprint density at radius 3 is 2.00 bits per heavy atom. The number of fused-ring (bicyclic) bond motifs is 4. The van der Waals surface area contributed by atoms with Gasteiger partial charge in [-0.25, -0.2) is 0 Å². The second-order valence-electron chi connectivity index (χ2n) is 8.46. The van der Waals surface area contributed by atoms with E-state index in [9.17, 15) is 5.11 Å². The Morgan fingerprint density at radius 1 is 0.708 bits per heavy atom. The Balaban J connectivity index is 1.71. The van der Waals surface area contributed by atoms with E-state index in [0.29, 0.717) is 11.8 Å². The lowest BCUT2D eigenvalue weighted by molar-refractivity contribution is -0.0638. The van der Waals surface area contributed by atoms with Gasteiger partial charge in [0.1, 0.15) is 0 Å². The highest BCUT2D eigenvalue weighted by molar-refractivity contribution is 5.86. The second-order valence-corrected chi connectivity index (χ2v) is 8.46. The topological polar surface area (TPSA) is 20.2 Å². The fourth-order valence-electron chi connectivity index (χ4n) is 6.69. The average Bonchev–Trinajstić information content (AvgIpc) is 2.92. The maximum absolute atomic E-state index is 12.3. The van der Waals surface area contributed by atoms with Gasteiger partial charge in [-0.2, -0.15) is 0 Å². The van der Waals surface area contributed by atoms with E-state index in [1.165, 1.54) is 67.7 Å². The fraction of sp³-hybridized carbons (Fsp3) is 0.565. The molecule has 126 valence electrons. The molecule has 0 aromatic heterocycles. The molecule has 0 radical (unpaired) electrons. The van der Waals surface area contributed by atoms with Crippen LogP contribution in [0.2, 0.25) is 0 Å². The molecule has 0 amide bonds. The van der Waals surface area contributed by atoms with Crippen molar-refractivity contribution in [3.8, 4) is 0 Å². The zero-order chi connectivity index (χ0) is 16.1. The molecule has 5 rings (SSSR count). The van der Waals surface area contributed by atoms with Crippen LogP contribution in [0.3, 0.4) is 0 Å². The molecule has 2 aromatic rings. The zero-order valence-electron chi connectivity index (χ0n) is 14.5. The predicted octanol–water partition coefficient (Wildman–Crippen LogP) is 5.65. The summed E-state index contributed by atoms with van der Waals surface area (Å²) in [6.45, 7) is 0. The van der Waals surface area contributed by atoms with E-state index in [-0.39, 0.29) is 0 Å². The lowest BCUT2D eigenvalue weighted by Gasteiger charge is -2.40. The first-order valence-electron chi connectivity index (χ1n) is 10.0. The number of rotatable bonds is 1. The molecule has 0 spiro atoms. The smallest absolute Gasteiger partial charge is 0.0964 e. The van der Waals surface area contributed by atoms with Crippen molar-refractivity contribution in [3.05, 3.63) is 48.0 Å². The van der Waals surface area contributed by atoms with Crippen molar-refractivity contribution < 1.29 is 5.11 Å². The minimum Gasteiger partial charge on any atom is -0.385 e. The lowest BCUT2D eigenvalue weighted by atomic mass is 9.69. The predicted molar refractivity (Wildman–Crippen MR) is 98.7 cm³/mol. The van der Waals surface area contributed by atoms with Gasteiger partial charge in [-0.15, -0.1) is 0 Å². The molecule has 5 atom stereocenters. The molecule has 1 nitrogen and oxygen atoms in total. The molecule has 1 N–H and O–H groups in total. The summed E-state index contributed by atoms with van der Waals surface area (Å²) in [6, 6.07) is 15.2. The summed E-state index contributed by atoms with van der Waals surface area (Å²) in [4.78, 5) is 0. The van der Waals surface area contributed by atoms with E-state index >= 15 is 0 Å². The van der Waals surface area contributed by atoms with Gasteiger partial charge in [0.15, 0.2) is 0 Å². The Hall–Kier alpha value is -1.34. The average molecular weight is 320 g/mol. The third-order valence-electron chi connectivity index (χ3n) is 7.54. The molecule has 0 aliphatic heterocycles. The van der Waals surface area contributed by atoms with Gasteiger partial charge in [0.2, 0.25) is 0 Å². The van der Waals surface area contributed by atoms with Gasteiger partial charge in [-0.05, 0) is 65.7 Å². The standard InChI is InChI=1S/C23H28O/c24-23(20-15-7-9-16-8-1-2-10-17(16)20)21-13-5-3-11-18(21)19-12-4-6-14-22(19)23/h1-2,7-10,15,18-19,21-22,24H,3-6,11-14H2/t18-,19-,21-,22+,23?/m1/s1. The molecule has 3 fully saturated rings. The Morgan fingerprint density at radius 2 is 1.29 bits per heavy atom. The summed E-state index contributed by atoms with van der Waals surface area (Å²) in [5.41, 5.74) is 0.628. The summed E-state index contributed by atoms with van der Waals surface area (Å²) in [7, 11) is 0. The zero-order valence-corrected chi connectivity index (χ0v) is 14.5. The molecule has 1 heteroatoms. The number of hydrogen-bond donors (Lipinski definition) is 1. The molecule has 24 heavy (non-hydrogen) atoms. The van der Waals surface area contributed by atoms with Gasteiger partial charge in [0.25, 0.3) is 0 Å². The van der Waals surface area contributed by atoms with E-state index in [1.54, 1.807) is 0 Å². The highest BCUT2D eigenvalue weighted by atomic mass is 16.3. The van der Waals surface area contributed by atoms with Crippen LogP contribution in [-0.4, -0.2) is 5.11 Å². The first-order chi connectivity index (χ1) is 11.8. The van der Waals surface area contributed by atoms with Crippen LogP contribution in [-0.2, 0) is 5.60 Å². The highest BCUT2D eigenvalue weighted by Gasteiger charge is 2.60. The summed E-state index contributed by atoms with van der Waals surface area (Å²) in [5.74, 6) is 2.47. The van der Waals surface area contributed by atoms with Crippen molar-refractivity contribution in [1.29, 1.82) is 0 Å². The maximum Gasteiger partial charge on any atom is 0.0964 e. The van der Waals surface area contributed by atoms with Crippen molar-refractivity contribution >= 4 is 10.8 Å². The molecule has 0 heterocycles. The van der Waals surface area contributed by atoms with Crippen LogP contribution in [0.4, 0.5) is 0 Å². The van der Waals surface area contributed by atoms with Gasteiger partial charge in [0.05, 0.1) is 5.60 Å². The summed E-state index contributed by atoms with van der Waals surface area (Å²) < 4.78 is 0. The van der Waals surface area contributed by atoms with Crippen molar-refractivity contribution in [2.75, 3.05) is 0 Å². The largest absolute Gasteiger partial charge is 0.385 e. The fourth-order valence-corrected chi connectivity index (χ4v) is 6.69. The van der Waals surface area contributed by atoms with Crippen LogP contribution in [0, 0.1) is 23.7 Å². The summed E-state index contributed by atoms with van der Waals surface area (Å²) >= 11 is 0. The first kappa shape index (κ1) is 15.0. The highest BCUT2D eigenvalue weighted by Crippen LogP contribution is 2.63. The van der Waals surface area contributed by atoms with Crippen LogP contribution in [0.1, 0.15) is 56.9 Å². The van der Waals surface area contributed by atoms with E-state index in [1.807, 2.05) is 0 Å². The Kier molecular flexibility index (Phi) is 3.49. The van der Waals surface area contributed by atoms with Crippen molar-refractivity contribution in [2.24, 2.45) is 23.7 Å². The third-order valence-corrected chi connectivity index (χ3v) is 7.54. The second kappa shape index (κ2) is 5.59. The molecule has 3 saturated carbocycles. The number of aliphatic hydroxyl groups is 1. The van der Waals surface area contributed by atoms with E-state index < -0.39 is 5.60 Å². The molecule has 2 aromatic carbocycles. The first-order valence-corrected chi connectivity index (χ1v) is 10.0. The van der Waals surface area contributed by atoms with E-state index in [0.717, 1.165) is 11.8 Å². The third kappa shape index (κ3) is 1.97. The normalized spacial score (nSPS) is 38.7. The molecular formula is C23H28O. The van der Waals surface area contributed by atoms with Crippen molar-refractivity contribution in [3.63, 3.8) is 0 Å². The van der Waals surface area contributed by atoms with E-state index in [2.05, 4.69) is 42.5 Å². The van der Waals surface area contributed by atoms with Gasteiger partial charge in [-0.1, -0.05) is 68.1 Å². The van der Waals surface area contributed by atoms with Crippen molar-refractivity contribution in [2.45, 2.75) is 57.0 Å². The maximum atomic E-state index is 12.3. The van der Waals surface area contributed by atoms with E-state index in [4.69, 9.17) is 0 Å². The van der Waals surface area contributed by atoms with Gasteiger partial charge in [0, 0.05) is 0 Å². The minimum absolute atomic E-state index is 0.477. The Bertz CT molecular complexity index is 721. The van der Waals surface area contributed by atoms with Crippen LogP contribution < -0.4 is 0 Å².